The first-order valence-corrected chi connectivity index (χ1v) is 5.63. The highest BCUT2D eigenvalue weighted by molar-refractivity contribution is 6.29. The third-order valence-corrected chi connectivity index (χ3v) is 2.79. The Hall–Kier alpha value is -0.800. The highest BCUT2D eigenvalue weighted by Crippen LogP contribution is 2.20. The molecule has 1 fully saturated rings. The molecule has 0 aliphatic carbocycles. The minimum absolute atomic E-state index is 0.326. The normalized spacial score (nSPS) is 25.5. The fourth-order valence-corrected chi connectivity index (χ4v) is 1.95. The van der Waals surface area contributed by atoms with Crippen LogP contribution in [0.1, 0.15) is 19.8 Å². The van der Waals surface area contributed by atoms with Gasteiger partial charge in [0.1, 0.15) is 5.15 Å². The molecule has 15 heavy (non-hydrogen) atoms. The molecule has 3 nitrogen and oxygen atoms in total. The van der Waals surface area contributed by atoms with E-state index in [0.29, 0.717) is 17.4 Å². The minimum Gasteiger partial charge on any atom is -0.382 e. The second kappa shape index (κ2) is 4.81. The molecular formula is C11H15ClN2O. The molecule has 0 spiro atoms. The Kier molecular flexibility index (Phi) is 3.44. The Morgan fingerprint density at radius 3 is 3.13 bits per heavy atom. The van der Waals surface area contributed by atoms with Gasteiger partial charge in [-0.05, 0) is 31.9 Å². The van der Waals surface area contributed by atoms with Crippen molar-refractivity contribution in [3.8, 4) is 0 Å². The van der Waals surface area contributed by atoms with Crippen LogP contribution in [0.2, 0.25) is 5.15 Å². The molecule has 0 bridgehead atoms. The van der Waals surface area contributed by atoms with Crippen LogP contribution in [-0.4, -0.2) is 23.7 Å². The first-order valence-electron chi connectivity index (χ1n) is 5.25. The average molecular weight is 227 g/mol. The van der Waals surface area contributed by atoms with Crippen LogP contribution < -0.4 is 5.32 Å². The van der Waals surface area contributed by atoms with Gasteiger partial charge in [-0.3, -0.25) is 0 Å². The summed E-state index contributed by atoms with van der Waals surface area (Å²) in [4.78, 5) is 3.93. The number of hydrogen-bond acceptors (Lipinski definition) is 3. The summed E-state index contributed by atoms with van der Waals surface area (Å²) in [6.07, 6.45) is 4.71. The summed E-state index contributed by atoms with van der Waals surface area (Å²) in [6.45, 7) is 2.95. The van der Waals surface area contributed by atoms with Gasteiger partial charge in [-0.15, -0.1) is 0 Å². The number of aromatic nitrogens is 1. The van der Waals surface area contributed by atoms with Crippen molar-refractivity contribution in [3.05, 3.63) is 23.5 Å². The molecule has 2 heterocycles. The van der Waals surface area contributed by atoms with Gasteiger partial charge in [-0.2, -0.15) is 0 Å². The van der Waals surface area contributed by atoms with Gasteiger partial charge < -0.3 is 10.1 Å². The van der Waals surface area contributed by atoms with Gasteiger partial charge in [0.05, 0.1) is 12.2 Å². The van der Waals surface area contributed by atoms with Crippen LogP contribution in [0.3, 0.4) is 0 Å². The zero-order chi connectivity index (χ0) is 10.7. The van der Waals surface area contributed by atoms with Crippen molar-refractivity contribution in [2.24, 2.45) is 0 Å². The summed E-state index contributed by atoms with van der Waals surface area (Å²) in [5.74, 6) is 0. The van der Waals surface area contributed by atoms with Gasteiger partial charge in [0.25, 0.3) is 0 Å². The van der Waals surface area contributed by atoms with Gasteiger partial charge in [-0.1, -0.05) is 11.6 Å². The molecular weight excluding hydrogens is 212 g/mol. The lowest BCUT2D eigenvalue weighted by atomic mass is 10.2. The number of halogens is 1. The van der Waals surface area contributed by atoms with Gasteiger partial charge in [0.15, 0.2) is 0 Å². The number of pyridine rings is 1. The van der Waals surface area contributed by atoms with E-state index in [1.165, 1.54) is 0 Å². The summed E-state index contributed by atoms with van der Waals surface area (Å²) in [5, 5.41) is 3.81. The van der Waals surface area contributed by atoms with Crippen LogP contribution in [-0.2, 0) is 4.74 Å². The summed E-state index contributed by atoms with van der Waals surface area (Å²) < 4.78 is 5.70. The highest BCUT2D eigenvalue weighted by Gasteiger charge is 2.21. The minimum atomic E-state index is 0.326. The Morgan fingerprint density at radius 1 is 1.60 bits per heavy atom. The molecule has 0 aromatic carbocycles. The van der Waals surface area contributed by atoms with Crippen LogP contribution in [0.5, 0.6) is 0 Å². The van der Waals surface area contributed by atoms with Crippen molar-refractivity contribution in [1.82, 2.24) is 4.98 Å². The lowest BCUT2D eigenvalue weighted by Crippen LogP contribution is -2.19. The molecule has 1 aliphatic heterocycles. The molecule has 1 aromatic heterocycles. The van der Waals surface area contributed by atoms with E-state index in [2.05, 4.69) is 17.2 Å². The fraction of sp³-hybridized carbons (Fsp3) is 0.545. The van der Waals surface area contributed by atoms with E-state index in [1.54, 1.807) is 6.20 Å². The van der Waals surface area contributed by atoms with E-state index in [9.17, 15) is 0 Å². The lowest BCUT2D eigenvalue weighted by Gasteiger charge is -2.13. The van der Waals surface area contributed by atoms with Crippen molar-refractivity contribution in [2.75, 3.05) is 11.9 Å². The number of hydrogen-bond donors (Lipinski definition) is 1. The van der Waals surface area contributed by atoms with E-state index >= 15 is 0 Å². The van der Waals surface area contributed by atoms with E-state index in [1.807, 2.05) is 12.1 Å². The first kappa shape index (κ1) is 10.7. The Balaban J connectivity index is 1.83. The molecule has 82 valence electrons. The second-order valence-corrected chi connectivity index (χ2v) is 4.28. The number of nitrogens with zero attached hydrogens (tertiary/aromatic N) is 1. The fourth-order valence-electron chi connectivity index (χ4n) is 1.78. The smallest absolute Gasteiger partial charge is 0.131 e. The van der Waals surface area contributed by atoms with Crippen LogP contribution in [0.15, 0.2) is 18.3 Å². The molecule has 4 heteroatoms. The molecule has 1 aliphatic rings. The third-order valence-electron chi connectivity index (χ3n) is 2.58. The van der Waals surface area contributed by atoms with Crippen LogP contribution in [0.4, 0.5) is 5.69 Å². The van der Waals surface area contributed by atoms with Crippen LogP contribution >= 0.6 is 11.6 Å². The second-order valence-electron chi connectivity index (χ2n) is 3.89. The Morgan fingerprint density at radius 2 is 2.47 bits per heavy atom. The summed E-state index contributed by atoms with van der Waals surface area (Å²) >= 11 is 5.78. The lowest BCUT2D eigenvalue weighted by molar-refractivity contribution is 0.0637. The molecule has 1 saturated heterocycles. The number of nitrogens with one attached hydrogen (secondary N) is 1. The predicted octanol–water partition coefficient (Wildman–Crippen LogP) is 2.71. The van der Waals surface area contributed by atoms with Gasteiger partial charge in [0, 0.05) is 18.4 Å². The monoisotopic (exact) mass is 226 g/mol. The van der Waals surface area contributed by atoms with Crippen molar-refractivity contribution in [3.63, 3.8) is 0 Å². The quantitative estimate of drug-likeness (QED) is 0.805. The molecule has 2 rings (SSSR count). The van der Waals surface area contributed by atoms with E-state index in [4.69, 9.17) is 16.3 Å². The molecule has 1 N–H and O–H groups in total. The predicted molar refractivity (Wildman–Crippen MR) is 61.3 cm³/mol. The van der Waals surface area contributed by atoms with Gasteiger partial charge >= 0.3 is 0 Å². The van der Waals surface area contributed by atoms with Crippen LogP contribution in [0, 0.1) is 0 Å². The zero-order valence-corrected chi connectivity index (χ0v) is 9.50. The molecule has 2 unspecified atom stereocenters. The first-order chi connectivity index (χ1) is 7.24. The molecule has 0 radical (unpaired) electrons. The third kappa shape index (κ3) is 3.08. The summed E-state index contributed by atoms with van der Waals surface area (Å²) in [7, 11) is 0. The Bertz CT molecular complexity index is 332. The van der Waals surface area contributed by atoms with Crippen molar-refractivity contribution >= 4 is 17.3 Å². The van der Waals surface area contributed by atoms with E-state index < -0.39 is 0 Å². The molecule has 0 saturated carbocycles. The molecule has 1 aromatic rings. The van der Waals surface area contributed by atoms with Gasteiger partial charge in [0.2, 0.25) is 0 Å². The molecule has 0 amide bonds. The van der Waals surface area contributed by atoms with E-state index in [0.717, 1.165) is 25.1 Å². The van der Waals surface area contributed by atoms with Crippen molar-refractivity contribution in [2.45, 2.75) is 32.0 Å². The van der Waals surface area contributed by atoms with Crippen molar-refractivity contribution < 1.29 is 4.74 Å². The van der Waals surface area contributed by atoms with Gasteiger partial charge in [-0.25, -0.2) is 4.98 Å². The Labute approximate surface area is 94.8 Å². The van der Waals surface area contributed by atoms with Crippen LogP contribution in [0.25, 0.3) is 0 Å². The SMILES string of the molecule is CC1CCC(CNc2ccnc(Cl)c2)O1. The zero-order valence-electron chi connectivity index (χ0n) is 8.74. The number of anilines is 1. The van der Waals surface area contributed by atoms with Crippen molar-refractivity contribution in [1.29, 1.82) is 0 Å². The number of ether oxygens (including phenoxy) is 1. The maximum absolute atomic E-state index is 5.78. The maximum Gasteiger partial charge on any atom is 0.131 e. The maximum atomic E-state index is 5.78. The largest absolute Gasteiger partial charge is 0.382 e. The summed E-state index contributed by atoms with van der Waals surface area (Å²) in [6, 6.07) is 3.73. The van der Waals surface area contributed by atoms with E-state index in [-0.39, 0.29) is 0 Å². The summed E-state index contributed by atoms with van der Waals surface area (Å²) in [5.41, 5.74) is 0.998. The number of rotatable bonds is 3. The highest BCUT2D eigenvalue weighted by atomic mass is 35.5. The topological polar surface area (TPSA) is 34.2 Å². The average Bonchev–Trinajstić information content (AvgIpc) is 2.62. The standard InChI is InChI=1S/C11H15ClN2O/c1-8-2-3-10(15-8)7-14-9-4-5-13-11(12)6-9/h4-6,8,10H,2-3,7H2,1H3,(H,13,14). The molecule has 2 atom stereocenters.